The van der Waals surface area contributed by atoms with E-state index in [1.54, 1.807) is 0 Å². The van der Waals surface area contributed by atoms with Crippen LogP contribution in [-0.2, 0) is 9.47 Å². The number of aliphatic hydroxyl groups excluding tert-OH is 2. The average molecular weight is 232 g/mol. The molecule has 16 heavy (non-hydrogen) atoms. The first-order valence-electron chi connectivity index (χ1n) is 6.26. The molecule has 0 amide bonds. The van der Waals surface area contributed by atoms with Crippen molar-refractivity contribution in [3.63, 3.8) is 0 Å². The third-order valence-electron chi connectivity index (χ3n) is 3.11. The Labute approximate surface area is 97.6 Å². The van der Waals surface area contributed by atoms with E-state index in [9.17, 15) is 0 Å². The van der Waals surface area contributed by atoms with Crippen LogP contribution in [0.5, 0.6) is 0 Å². The molecule has 2 N–H and O–H groups in total. The summed E-state index contributed by atoms with van der Waals surface area (Å²) in [6, 6.07) is 0. The van der Waals surface area contributed by atoms with Gasteiger partial charge in [-0.25, -0.2) is 0 Å². The summed E-state index contributed by atoms with van der Waals surface area (Å²) in [4.78, 5) is 0. The lowest BCUT2D eigenvalue weighted by molar-refractivity contribution is -0.309. The number of rotatable bonds is 7. The van der Waals surface area contributed by atoms with Gasteiger partial charge in [0.2, 0.25) is 5.79 Å². The zero-order chi connectivity index (χ0) is 11.9. The first-order chi connectivity index (χ1) is 7.76. The van der Waals surface area contributed by atoms with Crippen LogP contribution in [0.3, 0.4) is 0 Å². The zero-order valence-electron chi connectivity index (χ0n) is 10.2. The van der Waals surface area contributed by atoms with Crippen molar-refractivity contribution >= 4 is 0 Å². The Kier molecular flexibility index (Phi) is 6.28. The van der Waals surface area contributed by atoms with Crippen molar-refractivity contribution in [2.45, 2.75) is 44.8 Å². The van der Waals surface area contributed by atoms with Crippen LogP contribution in [0, 0.1) is 5.92 Å². The van der Waals surface area contributed by atoms with Gasteiger partial charge < -0.3 is 19.7 Å². The Morgan fingerprint density at radius 1 is 1.06 bits per heavy atom. The van der Waals surface area contributed by atoms with E-state index in [0.29, 0.717) is 19.1 Å². The molecular weight excluding hydrogens is 208 g/mol. The van der Waals surface area contributed by atoms with E-state index < -0.39 is 5.79 Å². The van der Waals surface area contributed by atoms with Crippen LogP contribution >= 0.6 is 0 Å². The van der Waals surface area contributed by atoms with Crippen molar-refractivity contribution in [2.24, 2.45) is 5.92 Å². The molecular formula is C12H24O4. The van der Waals surface area contributed by atoms with E-state index in [-0.39, 0.29) is 13.2 Å². The average Bonchev–Trinajstić information content (AvgIpc) is 2.36. The monoisotopic (exact) mass is 232 g/mol. The van der Waals surface area contributed by atoms with Crippen molar-refractivity contribution < 1.29 is 19.7 Å². The second-order valence-electron chi connectivity index (χ2n) is 4.56. The van der Waals surface area contributed by atoms with Gasteiger partial charge in [0, 0.05) is 5.92 Å². The molecule has 96 valence electrons. The first-order valence-corrected chi connectivity index (χ1v) is 6.26. The fourth-order valence-corrected chi connectivity index (χ4v) is 1.89. The molecule has 0 saturated carbocycles. The highest BCUT2D eigenvalue weighted by Crippen LogP contribution is 2.24. The summed E-state index contributed by atoms with van der Waals surface area (Å²) in [5, 5.41) is 18.1. The molecule has 0 aromatic heterocycles. The van der Waals surface area contributed by atoms with Crippen molar-refractivity contribution in [3.05, 3.63) is 0 Å². The molecule has 1 saturated heterocycles. The molecule has 1 aliphatic heterocycles. The van der Waals surface area contributed by atoms with E-state index >= 15 is 0 Å². The van der Waals surface area contributed by atoms with E-state index in [1.165, 1.54) is 25.7 Å². The molecule has 0 aromatic carbocycles. The quantitative estimate of drug-likeness (QED) is 0.650. The molecule has 4 nitrogen and oxygen atoms in total. The van der Waals surface area contributed by atoms with Crippen molar-refractivity contribution in [1.82, 2.24) is 0 Å². The lowest BCUT2D eigenvalue weighted by Gasteiger charge is -2.37. The molecule has 1 fully saturated rings. The topological polar surface area (TPSA) is 58.9 Å². The zero-order valence-corrected chi connectivity index (χ0v) is 10.2. The van der Waals surface area contributed by atoms with E-state index in [0.717, 1.165) is 6.42 Å². The van der Waals surface area contributed by atoms with Gasteiger partial charge >= 0.3 is 0 Å². The van der Waals surface area contributed by atoms with Gasteiger partial charge in [-0.15, -0.1) is 0 Å². The second-order valence-corrected chi connectivity index (χ2v) is 4.56. The lowest BCUT2D eigenvalue weighted by Crippen LogP contribution is -2.49. The van der Waals surface area contributed by atoms with Crippen molar-refractivity contribution in [1.29, 1.82) is 0 Å². The standard InChI is InChI=1S/C12H24O4/c1-2-3-4-5-6-11-7-15-12(9-13,10-14)16-8-11/h11,13-14H,2-10H2,1H3. The normalized spacial score (nSPS) is 21.2. The van der Waals surface area contributed by atoms with Gasteiger partial charge in [0.25, 0.3) is 0 Å². The van der Waals surface area contributed by atoms with Gasteiger partial charge in [-0.3, -0.25) is 0 Å². The number of aliphatic hydroxyl groups is 2. The highest BCUT2D eigenvalue weighted by atomic mass is 16.7. The minimum absolute atomic E-state index is 0.286. The van der Waals surface area contributed by atoms with Crippen molar-refractivity contribution in [2.75, 3.05) is 26.4 Å². The van der Waals surface area contributed by atoms with Crippen LogP contribution in [0.25, 0.3) is 0 Å². The van der Waals surface area contributed by atoms with Crippen LogP contribution in [0.4, 0.5) is 0 Å². The SMILES string of the molecule is CCCCCCC1COC(CO)(CO)OC1. The maximum absolute atomic E-state index is 9.06. The van der Waals surface area contributed by atoms with Crippen molar-refractivity contribution in [3.8, 4) is 0 Å². The van der Waals surface area contributed by atoms with Gasteiger partial charge in [-0.1, -0.05) is 32.6 Å². The molecule has 1 aliphatic rings. The molecule has 0 radical (unpaired) electrons. The fraction of sp³-hybridized carbons (Fsp3) is 1.00. The van der Waals surface area contributed by atoms with Gasteiger partial charge in [0.05, 0.1) is 26.4 Å². The number of hydrogen-bond acceptors (Lipinski definition) is 4. The number of ether oxygens (including phenoxy) is 2. The van der Waals surface area contributed by atoms with Crippen LogP contribution < -0.4 is 0 Å². The summed E-state index contributed by atoms with van der Waals surface area (Å²) in [5.41, 5.74) is 0. The molecule has 0 atom stereocenters. The number of hydrogen-bond donors (Lipinski definition) is 2. The van der Waals surface area contributed by atoms with Gasteiger partial charge in [-0.05, 0) is 6.42 Å². The van der Waals surface area contributed by atoms with E-state index in [2.05, 4.69) is 6.92 Å². The van der Waals surface area contributed by atoms with Gasteiger partial charge in [0.15, 0.2) is 0 Å². The Hall–Kier alpha value is -0.160. The Morgan fingerprint density at radius 2 is 1.69 bits per heavy atom. The molecule has 0 unspecified atom stereocenters. The van der Waals surface area contributed by atoms with Crippen LogP contribution in [0.1, 0.15) is 39.0 Å². The molecule has 0 bridgehead atoms. The molecule has 0 aromatic rings. The minimum Gasteiger partial charge on any atom is -0.391 e. The summed E-state index contributed by atoms with van der Waals surface area (Å²) in [5.74, 6) is -0.747. The van der Waals surface area contributed by atoms with Gasteiger partial charge in [0.1, 0.15) is 0 Å². The van der Waals surface area contributed by atoms with Gasteiger partial charge in [-0.2, -0.15) is 0 Å². The van der Waals surface area contributed by atoms with Crippen LogP contribution in [0.15, 0.2) is 0 Å². The summed E-state index contributed by atoms with van der Waals surface area (Å²) in [6.45, 7) is 2.78. The van der Waals surface area contributed by atoms with E-state index in [1.807, 2.05) is 0 Å². The summed E-state index contributed by atoms with van der Waals surface area (Å²) in [6.07, 6.45) is 6.10. The fourth-order valence-electron chi connectivity index (χ4n) is 1.89. The van der Waals surface area contributed by atoms with E-state index in [4.69, 9.17) is 19.7 Å². The maximum atomic E-state index is 9.06. The molecule has 0 spiro atoms. The smallest absolute Gasteiger partial charge is 0.215 e. The van der Waals surface area contributed by atoms with Crippen LogP contribution in [0.2, 0.25) is 0 Å². The first kappa shape index (κ1) is 13.9. The minimum atomic E-state index is -1.15. The Morgan fingerprint density at radius 3 is 2.19 bits per heavy atom. The lowest BCUT2D eigenvalue weighted by atomic mass is 10.0. The number of unbranched alkanes of at least 4 members (excludes halogenated alkanes) is 3. The highest BCUT2D eigenvalue weighted by Gasteiger charge is 2.36. The van der Waals surface area contributed by atoms with Crippen LogP contribution in [-0.4, -0.2) is 42.4 Å². The maximum Gasteiger partial charge on any atom is 0.215 e. The Balaban J connectivity index is 2.16. The molecule has 4 heteroatoms. The summed E-state index contributed by atoms with van der Waals surface area (Å²) in [7, 11) is 0. The second kappa shape index (κ2) is 7.22. The third kappa shape index (κ3) is 4.01. The molecule has 1 heterocycles. The summed E-state index contributed by atoms with van der Waals surface area (Å²) < 4.78 is 10.8. The molecule has 0 aliphatic carbocycles. The predicted molar refractivity (Wildman–Crippen MR) is 61.1 cm³/mol. The third-order valence-corrected chi connectivity index (χ3v) is 3.11. The predicted octanol–water partition coefficient (Wildman–Crippen LogP) is 1.30. The highest BCUT2D eigenvalue weighted by molar-refractivity contribution is 4.74. The summed E-state index contributed by atoms with van der Waals surface area (Å²) >= 11 is 0. The Bertz CT molecular complexity index is 170. The molecule has 1 rings (SSSR count). The largest absolute Gasteiger partial charge is 0.391 e.